The maximum Gasteiger partial charge on any atom is 0.306 e. The first kappa shape index (κ1) is 9.93. The zero-order valence-electron chi connectivity index (χ0n) is 8.48. The molecule has 2 heterocycles. The van der Waals surface area contributed by atoms with Crippen LogP contribution in [0.15, 0.2) is 0 Å². The van der Waals surface area contributed by atoms with Gasteiger partial charge in [0.05, 0.1) is 5.92 Å². The van der Waals surface area contributed by atoms with E-state index in [9.17, 15) is 4.79 Å². The van der Waals surface area contributed by atoms with Crippen molar-refractivity contribution in [2.75, 3.05) is 26.2 Å². The summed E-state index contributed by atoms with van der Waals surface area (Å²) in [7, 11) is 0. The number of nitrogens with zero attached hydrogens (tertiary/aromatic N) is 2. The molecular formula is C10H18N2O2. The Morgan fingerprint density at radius 2 is 1.50 bits per heavy atom. The number of carbonyl (C=O) groups is 1. The second-order valence-corrected chi connectivity index (χ2v) is 4.23. The van der Waals surface area contributed by atoms with Crippen molar-refractivity contribution in [1.82, 2.24) is 10.0 Å². The van der Waals surface area contributed by atoms with Crippen LogP contribution < -0.4 is 0 Å². The Labute approximate surface area is 84.5 Å². The number of carboxylic acid groups (broad SMARTS) is 1. The second-order valence-electron chi connectivity index (χ2n) is 4.23. The molecule has 0 bridgehead atoms. The molecule has 0 aliphatic carbocycles. The lowest BCUT2D eigenvalue weighted by molar-refractivity contribution is -0.145. The SMILES string of the molecule is O=C(O)C1CCN(N2CCCC2)CC1. The third kappa shape index (κ3) is 2.07. The van der Waals surface area contributed by atoms with Crippen molar-refractivity contribution >= 4 is 5.97 Å². The molecule has 0 amide bonds. The summed E-state index contributed by atoms with van der Waals surface area (Å²) in [6.45, 7) is 4.18. The van der Waals surface area contributed by atoms with Crippen molar-refractivity contribution in [3.8, 4) is 0 Å². The van der Waals surface area contributed by atoms with Crippen LogP contribution in [0.3, 0.4) is 0 Å². The zero-order chi connectivity index (χ0) is 9.97. The van der Waals surface area contributed by atoms with Crippen molar-refractivity contribution in [2.24, 2.45) is 5.92 Å². The van der Waals surface area contributed by atoms with E-state index >= 15 is 0 Å². The van der Waals surface area contributed by atoms with E-state index in [0.717, 1.165) is 39.0 Å². The first-order valence-electron chi connectivity index (χ1n) is 5.50. The van der Waals surface area contributed by atoms with Gasteiger partial charge in [-0.1, -0.05) is 0 Å². The molecule has 0 aromatic rings. The number of hydrogen-bond acceptors (Lipinski definition) is 3. The maximum atomic E-state index is 10.8. The summed E-state index contributed by atoms with van der Waals surface area (Å²) in [5.41, 5.74) is 0. The molecule has 0 radical (unpaired) electrons. The van der Waals surface area contributed by atoms with Crippen molar-refractivity contribution in [2.45, 2.75) is 25.7 Å². The third-order valence-electron chi connectivity index (χ3n) is 3.30. The molecule has 2 aliphatic rings. The summed E-state index contributed by atoms with van der Waals surface area (Å²) >= 11 is 0. The van der Waals surface area contributed by atoms with Crippen molar-refractivity contribution in [1.29, 1.82) is 0 Å². The quantitative estimate of drug-likeness (QED) is 0.712. The summed E-state index contributed by atoms with van der Waals surface area (Å²) < 4.78 is 0. The highest BCUT2D eigenvalue weighted by atomic mass is 16.4. The highest BCUT2D eigenvalue weighted by molar-refractivity contribution is 5.70. The number of carboxylic acids is 1. The number of aliphatic carboxylic acids is 1. The number of hydrazine groups is 1. The van der Waals surface area contributed by atoms with Crippen LogP contribution in [0.4, 0.5) is 0 Å². The van der Waals surface area contributed by atoms with Gasteiger partial charge in [0, 0.05) is 26.2 Å². The first-order chi connectivity index (χ1) is 6.77. The summed E-state index contributed by atoms with van der Waals surface area (Å²) in [6.07, 6.45) is 4.20. The van der Waals surface area contributed by atoms with Gasteiger partial charge in [0.1, 0.15) is 0 Å². The Bertz CT molecular complexity index is 206. The molecule has 0 saturated carbocycles. The maximum absolute atomic E-state index is 10.8. The molecule has 0 aromatic heterocycles. The van der Waals surface area contributed by atoms with Gasteiger partial charge in [-0.2, -0.15) is 0 Å². The molecule has 14 heavy (non-hydrogen) atoms. The minimum absolute atomic E-state index is 0.103. The van der Waals surface area contributed by atoms with E-state index in [-0.39, 0.29) is 5.92 Å². The van der Waals surface area contributed by atoms with Crippen LogP contribution in [-0.4, -0.2) is 47.3 Å². The molecule has 2 fully saturated rings. The van der Waals surface area contributed by atoms with E-state index < -0.39 is 5.97 Å². The van der Waals surface area contributed by atoms with E-state index in [0.29, 0.717) is 0 Å². The lowest BCUT2D eigenvalue weighted by Crippen LogP contribution is -2.46. The molecular weight excluding hydrogens is 180 g/mol. The van der Waals surface area contributed by atoms with Crippen LogP contribution in [0.2, 0.25) is 0 Å². The minimum Gasteiger partial charge on any atom is -0.481 e. The Kier molecular flexibility index (Phi) is 3.03. The molecule has 0 atom stereocenters. The fourth-order valence-electron chi connectivity index (χ4n) is 2.38. The summed E-state index contributed by atoms with van der Waals surface area (Å²) in [4.78, 5) is 10.8. The molecule has 0 unspecified atom stereocenters. The molecule has 4 heteroatoms. The normalized spacial score (nSPS) is 26.9. The largest absolute Gasteiger partial charge is 0.481 e. The number of piperidine rings is 1. The van der Waals surface area contributed by atoms with Crippen LogP contribution in [0.1, 0.15) is 25.7 Å². The third-order valence-corrected chi connectivity index (χ3v) is 3.30. The van der Waals surface area contributed by atoms with Crippen LogP contribution in [-0.2, 0) is 4.79 Å². The number of hydrogen-bond donors (Lipinski definition) is 1. The van der Waals surface area contributed by atoms with Crippen molar-refractivity contribution in [3.63, 3.8) is 0 Å². The highest BCUT2D eigenvalue weighted by Crippen LogP contribution is 2.21. The van der Waals surface area contributed by atoms with E-state index in [2.05, 4.69) is 10.0 Å². The van der Waals surface area contributed by atoms with Crippen LogP contribution in [0.5, 0.6) is 0 Å². The Morgan fingerprint density at radius 1 is 1.00 bits per heavy atom. The van der Waals surface area contributed by atoms with Gasteiger partial charge in [0.2, 0.25) is 0 Å². The fraction of sp³-hybridized carbons (Fsp3) is 0.900. The molecule has 1 N–H and O–H groups in total. The first-order valence-corrected chi connectivity index (χ1v) is 5.50. The van der Waals surface area contributed by atoms with E-state index in [1.54, 1.807) is 0 Å². The lowest BCUT2D eigenvalue weighted by Gasteiger charge is -2.36. The summed E-state index contributed by atoms with van der Waals surface area (Å²) in [5, 5.41) is 13.6. The van der Waals surface area contributed by atoms with Gasteiger partial charge in [-0.05, 0) is 25.7 Å². The average Bonchev–Trinajstić information content (AvgIpc) is 2.71. The van der Waals surface area contributed by atoms with E-state index in [1.165, 1.54) is 12.8 Å². The molecule has 80 valence electrons. The zero-order valence-corrected chi connectivity index (χ0v) is 8.48. The smallest absolute Gasteiger partial charge is 0.306 e. The molecule has 2 aliphatic heterocycles. The molecule has 2 saturated heterocycles. The Hall–Kier alpha value is -0.610. The Morgan fingerprint density at radius 3 is 2.00 bits per heavy atom. The van der Waals surface area contributed by atoms with Crippen molar-refractivity contribution < 1.29 is 9.90 Å². The van der Waals surface area contributed by atoms with Crippen LogP contribution in [0, 0.1) is 5.92 Å². The molecule has 2 rings (SSSR count). The fourth-order valence-corrected chi connectivity index (χ4v) is 2.38. The van der Waals surface area contributed by atoms with Gasteiger partial charge in [-0.15, -0.1) is 0 Å². The van der Waals surface area contributed by atoms with Gasteiger partial charge in [0.25, 0.3) is 0 Å². The van der Waals surface area contributed by atoms with Crippen LogP contribution in [0.25, 0.3) is 0 Å². The van der Waals surface area contributed by atoms with Crippen molar-refractivity contribution in [3.05, 3.63) is 0 Å². The van der Waals surface area contributed by atoms with E-state index in [1.807, 2.05) is 0 Å². The molecule has 4 nitrogen and oxygen atoms in total. The predicted molar refractivity (Wildman–Crippen MR) is 52.7 cm³/mol. The Balaban J connectivity index is 1.80. The van der Waals surface area contributed by atoms with Crippen LogP contribution >= 0.6 is 0 Å². The minimum atomic E-state index is -0.619. The van der Waals surface area contributed by atoms with Gasteiger partial charge in [-0.3, -0.25) is 4.79 Å². The monoisotopic (exact) mass is 198 g/mol. The lowest BCUT2D eigenvalue weighted by atomic mass is 9.98. The summed E-state index contributed by atoms with van der Waals surface area (Å²) in [5.74, 6) is -0.722. The standard InChI is InChI=1S/C10H18N2O2/c13-10(14)9-3-7-12(8-4-9)11-5-1-2-6-11/h9H,1-8H2,(H,13,14). The molecule has 0 spiro atoms. The van der Waals surface area contributed by atoms with Gasteiger partial charge in [0.15, 0.2) is 0 Å². The second kappa shape index (κ2) is 4.28. The number of rotatable bonds is 2. The highest BCUT2D eigenvalue weighted by Gasteiger charge is 2.28. The topological polar surface area (TPSA) is 43.8 Å². The predicted octanol–water partition coefficient (Wildman–Crippen LogP) is 0.794. The van der Waals surface area contributed by atoms with Gasteiger partial charge in [-0.25, -0.2) is 10.0 Å². The average molecular weight is 198 g/mol. The summed E-state index contributed by atoms with van der Waals surface area (Å²) in [6, 6.07) is 0. The molecule has 0 aromatic carbocycles. The van der Waals surface area contributed by atoms with E-state index in [4.69, 9.17) is 5.11 Å². The van der Waals surface area contributed by atoms with Gasteiger partial charge < -0.3 is 5.11 Å². The van der Waals surface area contributed by atoms with Gasteiger partial charge >= 0.3 is 5.97 Å².